The maximum Gasteiger partial charge on any atom is 0.420 e. The largest absolute Gasteiger partial charge is 0.490 e. The SMILES string of the molecule is CC(C)C1CCC(Oc2ccc3ccc(CN4CCC(C(=O)O)CC4)cc3c2C(F)(F)F)CC1. The third-order valence-corrected chi connectivity index (χ3v) is 7.63. The number of aliphatic carboxylic acids is 1. The number of rotatable bonds is 6. The fourth-order valence-electron chi connectivity index (χ4n) is 5.48. The molecule has 0 radical (unpaired) electrons. The molecule has 2 aliphatic rings. The Hall–Kier alpha value is -2.28. The zero-order chi connectivity index (χ0) is 24.5. The topological polar surface area (TPSA) is 49.8 Å². The van der Waals surface area contributed by atoms with E-state index >= 15 is 0 Å². The van der Waals surface area contributed by atoms with Gasteiger partial charge in [-0.15, -0.1) is 0 Å². The lowest BCUT2D eigenvalue weighted by Crippen LogP contribution is -2.35. The van der Waals surface area contributed by atoms with Crippen molar-refractivity contribution in [2.24, 2.45) is 17.8 Å². The van der Waals surface area contributed by atoms with E-state index in [9.17, 15) is 23.1 Å². The molecule has 1 saturated carbocycles. The number of carbonyl (C=O) groups is 1. The number of hydrogen-bond donors (Lipinski definition) is 1. The van der Waals surface area contributed by atoms with E-state index in [-0.39, 0.29) is 23.2 Å². The summed E-state index contributed by atoms with van der Waals surface area (Å²) in [6.45, 7) is 6.16. The van der Waals surface area contributed by atoms with Crippen LogP contribution in [0.5, 0.6) is 5.75 Å². The third-order valence-electron chi connectivity index (χ3n) is 7.63. The van der Waals surface area contributed by atoms with Crippen LogP contribution in [-0.2, 0) is 17.5 Å². The van der Waals surface area contributed by atoms with Gasteiger partial charge in [-0.05, 0) is 91.9 Å². The molecule has 0 atom stereocenters. The van der Waals surface area contributed by atoms with E-state index in [0.29, 0.717) is 49.7 Å². The summed E-state index contributed by atoms with van der Waals surface area (Å²) in [4.78, 5) is 13.3. The summed E-state index contributed by atoms with van der Waals surface area (Å²) in [6, 6.07) is 8.41. The first-order valence-electron chi connectivity index (χ1n) is 12.4. The second-order valence-corrected chi connectivity index (χ2v) is 10.3. The summed E-state index contributed by atoms with van der Waals surface area (Å²) in [5.41, 5.74) is 0.101. The van der Waals surface area contributed by atoms with Gasteiger partial charge in [0.2, 0.25) is 0 Å². The van der Waals surface area contributed by atoms with Gasteiger partial charge in [0, 0.05) is 6.54 Å². The highest BCUT2D eigenvalue weighted by Crippen LogP contribution is 2.43. The Morgan fingerprint density at radius 3 is 2.29 bits per heavy atom. The van der Waals surface area contributed by atoms with E-state index in [0.717, 1.165) is 31.2 Å². The molecule has 0 aromatic heterocycles. The summed E-state index contributed by atoms with van der Waals surface area (Å²) < 4.78 is 48.8. The van der Waals surface area contributed by atoms with Crippen LogP contribution in [0.2, 0.25) is 0 Å². The summed E-state index contributed by atoms with van der Waals surface area (Å²) >= 11 is 0. The molecule has 0 amide bonds. The number of ether oxygens (including phenoxy) is 1. The molecule has 1 heterocycles. The van der Waals surface area contributed by atoms with Crippen molar-refractivity contribution >= 4 is 16.7 Å². The Morgan fingerprint density at radius 1 is 1.06 bits per heavy atom. The van der Waals surface area contributed by atoms with Crippen LogP contribution in [-0.4, -0.2) is 35.2 Å². The first kappa shape index (κ1) is 24.8. The van der Waals surface area contributed by atoms with Gasteiger partial charge in [-0.3, -0.25) is 9.69 Å². The predicted octanol–water partition coefficient (Wildman–Crippen LogP) is 6.75. The van der Waals surface area contributed by atoms with Crippen molar-refractivity contribution in [1.82, 2.24) is 4.90 Å². The molecule has 186 valence electrons. The van der Waals surface area contributed by atoms with Crippen LogP contribution in [0.25, 0.3) is 10.8 Å². The fraction of sp³-hybridized carbons (Fsp3) is 0.593. The minimum absolute atomic E-state index is 0.0765. The normalized spacial score (nSPS) is 22.9. The quantitative estimate of drug-likeness (QED) is 0.500. The molecule has 2 fully saturated rings. The first-order valence-corrected chi connectivity index (χ1v) is 12.4. The minimum atomic E-state index is -4.53. The number of piperidine rings is 1. The fourth-order valence-corrected chi connectivity index (χ4v) is 5.48. The number of benzene rings is 2. The standard InChI is InChI=1S/C27H34F3NO3/c1-17(2)19-5-8-22(9-6-19)34-24-10-7-20-4-3-18(15-23(20)25(24)27(28,29)30)16-31-13-11-21(12-14-31)26(32)33/h3-4,7,10,15,17,19,21-22H,5-6,8-9,11-14,16H2,1-2H3,(H,32,33). The molecule has 4 rings (SSSR count). The zero-order valence-electron chi connectivity index (χ0n) is 19.9. The summed E-state index contributed by atoms with van der Waals surface area (Å²) in [5, 5.41) is 9.89. The van der Waals surface area contributed by atoms with Crippen LogP contribution in [0, 0.1) is 17.8 Å². The average molecular weight is 478 g/mol. The summed E-state index contributed by atoms with van der Waals surface area (Å²) in [5.74, 6) is 0.0140. The van der Waals surface area contributed by atoms with Crippen LogP contribution >= 0.6 is 0 Å². The smallest absolute Gasteiger partial charge is 0.420 e. The number of alkyl halides is 3. The highest BCUT2D eigenvalue weighted by Gasteiger charge is 2.37. The van der Waals surface area contributed by atoms with Crippen LogP contribution < -0.4 is 4.74 Å². The Labute approximate surface area is 199 Å². The molecule has 2 aromatic rings. The van der Waals surface area contributed by atoms with Crippen molar-refractivity contribution in [2.75, 3.05) is 13.1 Å². The van der Waals surface area contributed by atoms with Gasteiger partial charge in [0.15, 0.2) is 0 Å². The maximum atomic E-state index is 14.3. The second-order valence-electron chi connectivity index (χ2n) is 10.3. The van der Waals surface area contributed by atoms with Crippen LogP contribution in [0.15, 0.2) is 30.3 Å². The van der Waals surface area contributed by atoms with Crippen LogP contribution in [0.3, 0.4) is 0 Å². The maximum absolute atomic E-state index is 14.3. The number of likely N-dealkylation sites (tertiary alicyclic amines) is 1. The molecule has 0 bridgehead atoms. The Kier molecular flexibility index (Phi) is 7.41. The van der Waals surface area contributed by atoms with Gasteiger partial charge in [-0.1, -0.05) is 32.0 Å². The van der Waals surface area contributed by atoms with Crippen molar-refractivity contribution in [3.05, 3.63) is 41.5 Å². The molecule has 2 aromatic carbocycles. The van der Waals surface area contributed by atoms with Crippen molar-refractivity contribution in [2.45, 2.75) is 71.2 Å². The molecule has 1 aliphatic heterocycles. The van der Waals surface area contributed by atoms with E-state index in [1.165, 1.54) is 6.07 Å². The van der Waals surface area contributed by atoms with Gasteiger partial charge in [-0.2, -0.15) is 13.2 Å². The monoisotopic (exact) mass is 477 g/mol. The summed E-state index contributed by atoms with van der Waals surface area (Å²) in [6.07, 6.45) is -0.0499. The molecule has 0 unspecified atom stereocenters. The molecule has 7 heteroatoms. The Morgan fingerprint density at radius 2 is 1.71 bits per heavy atom. The lowest BCUT2D eigenvalue weighted by molar-refractivity contribution is -0.143. The van der Waals surface area contributed by atoms with Gasteiger partial charge in [-0.25, -0.2) is 0 Å². The molecule has 1 N–H and O–H groups in total. The molecule has 1 saturated heterocycles. The van der Waals surface area contributed by atoms with Gasteiger partial charge in [0.25, 0.3) is 0 Å². The van der Waals surface area contributed by atoms with Gasteiger partial charge in [0.1, 0.15) is 11.3 Å². The zero-order valence-corrected chi connectivity index (χ0v) is 19.9. The number of hydrogen-bond acceptors (Lipinski definition) is 3. The summed E-state index contributed by atoms with van der Waals surface area (Å²) in [7, 11) is 0. The molecule has 1 aliphatic carbocycles. The number of carboxylic acid groups (broad SMARTS) is 1. The average Bonchev–Trinajstić information content (AvgIpc) is 2.78. The number of nitrogens with zero attached hydrogens (tertiary/aromatic N) is 1. The van der Waals surface area contributed by atoms with E-state index in [4.69, 9.17) is 4.74 Å². The third kappa shape index (κ3) is 5.68. The van der Waals surface area contributed by atoms with E-state index < -0.39 is 17.7 Å². The molecular weight excluding hydrogens is 443 g/mol. The lowest BCUT2D eigenvalue weighted by Gasteiger charge is -2.32. The van der Waals surface area contributed by atoms with Gasteiger partial charge >= 0.3 is 12.1 Å². The van der Waals surface area contributed by atoms with Crippen molar-refractivity contribution in [3.63, 3.8) is 0 Å². The number of carboxylic acids is 1. The first-order chi connectivity index (χ1) is 16.1. The van der Waals surface area contributed by atoms with E-state index in [1.807, 2.05) is 6.07 Å². The number of halogens is 3. The molecule has 0 spiro atoms. The predicted molar refractivity (Wildman–Crippen MR) is 126 cm³/mol. The molecule has 34 heavy (non-hydrogen) atoms. The number of fused-ring (bicyclic) bond motifs is 1. The lowest BCUT2D eigenvalue weighted by atomic mass is 9.80. The van der Waals surface area contributed by atoms with Crippen molar-refractivity contribution < 1.29 is 27.8 Å². The Bertz CT molecular complexity index is 1000. The van der Waals surface area contributed by atoms with E-state index in [1.54, 1.807) is 18.2 Å². The van der Waals surface area contributed by atoms with E-state index in [2.05, 4.69) is 18.7 Å². The molecule has 4 nitrogen and oxygen atoms in total. The van der Waals surface area contributed by atoms with Crippen LogP contribution in [0.1, 0.15) is 63.5 Å². The van der Waals surface area contributed by atoms with Crippen LogP contribution in [0.4, 0.5) is 13.2 Å². The molecular formula is C27H34F3NO3. The van der Waals surface area contributed by atoms with Gasteiger partial charge in [0.05, 0.1) is 12.0 Å². The highest BCUT2D eigenvalue weighted by atomic mass is 19.4. The minimum Gasteiger partial charge on any atom is -0.490 e. The Balaban J connectivity index is 1.55. The van der Waals surface area contributed by atoms with Gasteiger partial charge < -0.3 is 9.84 Å². The second kappa shape index (κ2) is 10.1. The highest BCUT2D eigenvalue weighted by molar-refractivity contribution is 5.89. The van der Waals surface area contributed by atoms with Crippen molar-refractivity contribution in [3.8, 4) is 5.75 Å². The van der Waals surface area contributed by atoms with Crippen molar-refractivity contribution in [1.29, 1.82) is 0 Å².